The fraction of sp³-hybridized carbons (Fsp3) is 0.467. The zero-order chi connectivity index (χ0) is 15.2. The number of hydrogen-bond acceptors (Lipinski definition) is 5. The van der Waals surface area contributed by atoms with Gasteiger partial charge in [-0.2, -0.15) is 0 Å². The summed E-state index contributed by atoms with van der Waals surface area (Å²) >= 11 is 0. The van der Waals surface area contributed by atoms with Crippen LogP contribution >= 0.6 is 0 Å². The number of nitrogens with two attached hydrogens (primary N) is 1. The van der Waals surface area contributed by atoms with Gasteiger partial charge in [-0.1, -0.05) is 6.07 Å². The maximum atomic E-state index is 11.9. The van der Waals surface area contributed by atoms with Crippen molar-refractivity contribution in [3.05, 3.63) is 29.3 Å². The zero-order valence-corrected chi connectivity index (χ0v) is 12.1. The third kappa shape index (κ3) is 4.19. The van der Waals surface area contributed by atoms with Crippen molar-refractivity contribution in [1.82, 2.24) is 5.32 Å². The van der Waals surface area contributed by atoms with Crippen LogP contribution in [-0.2, 0) is 14.3 Å². The van der Waals surface area contributed by atoms with E-state index >= 15 is 0 Å². The molecule has 0 radical (unpaired) electrons. The molecule has 1 heterocycles. The van der Waals surface area contributed by atoms with Gasteiger partial charge in [0.1, 0.15) is 0 Å². The second-order valence-electron chi connectivity index (χ2n) is 5.05. The molecule has 0 atom stereocenters. The molecule has 6 heteroatoms. The van der Waals surface area contributed by atoms with Gasteiger partial charge in [0.2, 0.25) is 0 Å². The molecule has 1 fully saturated rings. The third-order valence-corrected chi connectivity index (χ3v) is 3.52. The van der Waals surface area contributed by atoms with Gasteiger partial charge >= 0.3 is 5.97 Å². The quantitative estimate of drug-likeness (QED) is 0.639. The fourth-order valence-electron chi connectivity index (χ4n) is 2.19. The largest absolute Gasteiger partial charge is 0.452 e. The van der Waals surface area contributed by atoms with Crippen molar-refractivity contribution in [2.45, 2.75) is 25.8 Å². The molecule has 21 heavy (non-hydrogen) atoms. The molecule has 0 aliphatic carbocycles. The van der Waals surface area contributed by atoms with Gasteiger partial charge in [0.25, 0.3) is 5.91 Å². The van der Waals surface area contributed by atoms with E-state index in [1.165, 1.54) is 0 Å². The zero-order valence-electron chi connectivity index (χ0n) is 12.1. The van der Waals surface area contributed by atoms with Crippen LogP contribution in [0.1, 0.15) is 28.8 Å². The number of hydrogen-bond donors (Lipinski definition) is 2. The van der Waals surface area contributed by atoms with E-state index < -0.39 is 5.97 Å². The Kier molecular flexibility index (Phi) is 5.16. The highest BCUT2D eigenvalue weighted by molar-refractivity contribution is 5.94. The summed E-state index contributed by atoms with van der Waals surface area (Å²) in [4.78, 5) is 23.7. The lowest BCUT2D eigenvalue weighted by Gasteiger charge is -2.22. The van der Waals surface area contributed by atoms with E-state index in [1.807, 2.05) is 0 Å². The van der Waals surface area contributed by atoms with Crippen LogP contribution in [-0.4, -0.2) is 37.7 Å². The lowest BCUT2D eigenvalue weighted by molar-refractivity contribution is -0.125. The average Bonchev–Trinajstić information content (AvgIpc) is 2.48. The predicted molar refractivity (Wildman–Crippen MR) is 77.9 cm³/mol. The van der Waals surface area contributed by atoms with E-state index in [0.29, 0.717) is 30.0 Å². The van der Waals surface area contributed by atoms with Crippen LogP contribution in [0.4, 0.5) is 5.69 Å². The van der Waals surface area contributed by atoms with Gasteiger partial charge in [-0.25, -0.2) is 4.79 Å². The number of anilines is 1. The lowest BCUT2D eigenvalue weighted by Crippen LogP contribution is -2.41. The summed E-state index contributed by atoms with van der Waals surface area (Å²) in [5.41, 5.74) is 7.31. The smallest absolute Gasteiger partial charge is 0.338 e. The van der Waals surface area contributed by atoms with Crippen LogP contribution < -0.4 is 11.1 Å². The molecule has 1 aliphatic heterocycles. The Labute approximate surface area is 123 Å². The van der Waals surface area contributed by atoms with Crippen LogP contribution in [0, 0.1) is 6.92 Å². The van der Waals surface area contributed by atoms with Gasteiger partial charge in [0, 0.05) is 24.9 Å². The van der Waals surface area contributed by atoms with Crippen molar-refractivity contribution in [2.24, 2.45) is 0 Å². The molecule has 1 aromatic rings. The van der Waals surface area contributed by atoms with E-state index in [1.54, 1.807) is 25.1 Å². The van der Waals surface area contributed by atoms with Crippen molar-refractivity contribution >= 4 is 17.6 Å². The minimum atomic E-state index is -0.540. The number of ether oxygens (including phenoxy) is 2. The number of esters is 1. The number of amides is 1. The first-order chi connectivity index (χ1) is 10.1. The van der Waals surface area contributed by atoms with Crippen LogP contribution in [0.5, 0.6) is 0 Å². The Hall–Kier alpha value is -2.08. The van der Waals surface area contributed by atoms with Gasteiger partial charge in [0.15, 0.2) is 6.61 Å². The molecule has 2 rings (SSSR count). The molecule has 0 spiro atoms. The van der Waals surface area contributed by atoms with Crippen LogP contribution in [0.25, 0.3) is 0 Å². The molecule has 114 valence electrons. The molecule has 0 bridgehead atoms. The molecule has 0 unspecified atom stereocenters. The average molecular weight is 292 g/mol. The number of benzene rings is 1. The monoisotopic (exact) mass is 292 g/mol. The number of rotatable bonds is 4. The third-order valence-electron chi connectivity index (χ3n) is 3.52. The van der Waals surface area contributed by atoms with E-state index in [4.69, 9.17) is 15.2 Å². The topological polar surface area (TPSA) is 90.7 Å². The van der Waals surface area contributed by atoms with Crippen LogP contribution in [0.15, 0.2) is 18.2 Å². The molecular weight excluding hydrogens is 272 g/mol. The summed E-state index contributed by atoms with van der Waals surface area (Å²) < 4.78 is 10.2. The first kappa shape index (κ1) is 15.3. The van der Waals surface area contributed by atoms with Gasteiger partial charge in [-0.05, 0) is 37.5 Å². The Balaban J connectivity index is 1.83. The number of nitrogen functional groups attached to an aromatic ring is 1. The number of carbonyl (C=O) groups is 2. The van der Waals surface area contributed by atoms with Crippen molar-refractivity contribution in [1.29, 1.82) is 0 Å². The summed E-state index contributed by atoms with van der Waals surface area (Å²) in [6.07, 6.45) is 1.57. The van der Waals surface area contributed by atoms with E-state index in [2.05, 4.69) is 5.32 Å². The molecule has 3 N–H and O–H groups in total. The Morgan fingerprint density at radius 2 is 2.10 bits per heavy atom. The highest BCUT2D eigenvalue weighted by Crippen LogP contribution is 2.16. The number of nitrogens with one attached hydrogen (secondary N) is 1. The molecule has 1 aliphatic rings. The van der Waals surface area contributed by atoms with E-state index in [0.717, 1.165) is 12.8 Å². The second-order valence-corrected chi connectivity index (χ2v) is 5.05. The lowest BCUT2D eigenvalue weighted by atomic mass is 10.1. The first-order valence-electron chi connectivity index (χ1n) is 6.97. The maximum absolute atomic E-state index is 11.9. The SMILES string of the molecule is Cc1c(N)cccc1C(=O)OCC(=O)NC1CCOCC1. The predicted octanol–water partition coefficient (Wildman–Crippen LogP) is 1.03. The summed E-state index contributed by atoms with van der Waals surface area (Å²) in [6.45, 7) is 2.75. The first-order valence-corrected chi connectivity index (χ1v) is 6.97. The standard InChI is InChI=1S/C15H20N2O4/c1-10-12(3-2-4-13(10)16)15(19)21-9-14(18)17-11-5-7-20-8-6-11/h2-4,11H,5-9,16H2,1H3,(H,17,18). The van der Waals surface area contributed by atoms with Crippen molar-refractivity contribution < 1.29 is 19.1 Å². The summed E-state index contributed by atoms with van der Waals surface area (Å²) in [5.74, 6) is -0.835. The maximum Gasteiger partial charge on any atom is 0.338 e. The minimum Gasteiger partial charge on any atom is -0.452 e. The molecule has 1 aromatic carbocycles. The Morgan fingerprint density at radius 1 is 1.38 bits per heavy atom. The Morgan fingerprint density at radius 3 is 2.81 bits per heavy atom. The van der Waals surface area contributed by atoms with Gasteiger partial charge < -0.3 is 20.5 Å². The van der Waals surface area contributed by atoms with Crippen molar-refractivity contribution in [2.75, 3.05) is 25.6 Å². The molecular formula is C15H20N2O4. The molecule has 1 amide bonds. The highest BCUT2D eigenvalue weighted by atomic mass is 16.5. The molecule has 0 saturated carbocycles. The van der Waals surface area contributed by atoms with Crippen molar-refractivity contribution in [3.63, 3.8) is 0 Å². The molecule has 1 saturated heterocycles. The molecule has 6 nitrogen and oxygen atoms in total. The number of carbonyl (C=O) groups excluding carboxylic acids is 2. The van der Waals surface area contributed by atoms with E-state index in [-0.39, 0.29) is 18.6 Å². The van der Waals surface area contributed by atoms with Crippen LogP contribution in [0.3, 0.4) is 0 Å². The van der Waals surface area contributed by atoms with Gasteiger partial charge in [-0.15, -0.1) is 0 Å². The second kappa shape index (κ2) is 7.08. The summed E-state index contributed by atoms with van der Waals surface area (Å²) in [5, 5.41) is 2.83. The van der Waals surface area contributed by atoms with Gasteiger partial charge in [0.05, 0.1) is 5.56 Å². The normalized spacial score (nSPS) is 15.5. The van der Waals surface area contributed by atoms with E-state index in [9.17, 15) is 9.59 Å². The minimum absolute atomic E-state index is 0.0963. The molecule has 0 aromatic heterocycles. The van der Waals surface area contributed by atoms with Crippen LogP contribution in [0.2, 0.25) is 0 Å². The Bertz CT molecular complexity index is 524. The van der Waals surface area contributed by atoms with Crippen molar-refractivity contribution in [3.8, 4) is 0 Å². The summed E-state index contributed by atoms with van der Waals surface area (Å²) in [6, 6.07) is 5.12. The highest BCUT2D eigenvalue weighted by Gasteiger charge is 2.18. The summed E-state index contributed by atoms with van der Waals surface area (Å²) in [7, 11) is 0. The van der Waals surface area contributed by atoms with Gasteiger partial charge in [-0.3, -0.25) is 4.79 Å². The fourth-order valence-corrected chi connectivity index (χ4v) is 2.19.